The molecule has 1 aromatic heterocycles. The molecule has 1 N–H and O–H groups in total. The first-order valence-electron chi connectivity index (χ1n) is 8.29. The van der Waals surface area contributed by atoms with Crippen LogP contribution in [0, 0.1) is 6.92 Å². The average molecular weight is 397 g/mol. The molecule has 142 valence electrons. The number of benzene rings is 1. The van der Waals surface area contributed by atoms with Crippen LogP contribution in [-0.2, 0) is 26.1 Å². The first-order valence-corrected chi connectivity index (χ1v) is 10.7. The predicted octanol–water partition coefficient (Wildman–Crippen LogP) is 3.24. The minimum Gasteiger partial charge on any atom is -0.383 e. The number of carbonyl (C=O) groups excluding carboxylic acids is 1. The van der Waals surface area contributed by atoms with Gasteiger partial charge in [0.25, 0.3) is 0 Å². The Bertz CT molecular complexity index is 833. The van der Waals surface area contributed by atoms with Crippen LogP contribution in [0.2, 0.25) is 0 Å². The number of carbonyl (C=O) groups is 1. The van der Waals surface area contributed by atoms with Crippen molar-refractivity contribution < 1.29 is 17.9 Å². The first kappa shape index (κ1) is 20.6. The van der Waals surface area contributed by atoms with E-state index in [1.807, 2.05) is 16.8 Å². The number of nitrogens with zero attached hydrogens (tertiary/aromatic N) is 1. The summed E-state index contributed by atoms with van der Waals surface area (Å²) in [6.07, 6.45) is 0.366. The fourth-order valence-corrected chi connectivity index (χ4v) is 4.75. The summed E-state index contributed by atoms with van der Waals surface area (Å²) in [4.78, 5) is 11.8. The summed E-state index contributed by atoms with van der Waals surface area (Å²) < 4.78 is 32.8. The number of methoxy groups -OCH3 is 1. The second-order valence-corrected chi connectivity index (χ2v) is 8.53. The maximum atomic E-state index is 13.2. The van der Waals surface area contributed by atoms with E-state index in [9.17, 15) is 13.2 Å². The van der Waals surface area contributed by atoms with Gasteiger partial charge in [-0.1, -0.05) is 6.92 Å². The molecule has 1 heterocycles. The van der Waals surface area contributed by atoms with Crippen LogP contribution < -0.4 is 5.32 Å². The zero-order valence-electron chi connectivity index (χ0n) is 15.2. The van der Waals surface area contributed by atoms with E-state index in [-0.39, 0.29) is 17.3 Å². The third-order valence-electron chi connectivity index (χ3n) is 3.88. The van der Waals surface area contributed by atoms with Gasteiger partial charge < -0.3 is 10.1 Å². The Morgan fingerprint density at radius 3 is 2.65 bits per heavy atom. The summed E-state index contributed by atoms with van der Waals surface area (Å²) in [5.41, 5.74) is 2.13. The quantitative estimate of drug-likeness (QED) is 0.706. The van der Waals surface area contributed by atoms with E-state index in [1.54, 1.807) is 39.2 Å². The molecule has 8 heteroatoms. The van der Waals surface area contributed by atoms with Gasteiger partial charge >= 0.3 is 0 Å². The van der Waals surface area contributed by atoms with Crippen molar-refractivity contribution in [1.82, 2.24) is 4.31 Å². The van der Waals surface area contributed by atoms with Gasteiger partial charge in [0, 0.05) is 32.3 Å². The molecule has 0 unspecified atom stereocenters. The summed E-state index contributed by atoms with van der Waals surface area (Å²) >= 11 is 1.53. The van der Waals surface area contributed by atoms with Gasteiger partial charge in [0.05, 0.1) is 11.5 Å². The van der Waals surface area contributed by atoms with Crippen molar-refractivity contribution >= 4 is 33.0 Å². The molecule has 0 atom stereocenters. The van der Waals surface area contributed by atoms with Crippen LogP contribution in [0.4, 0.5) is 5.69 Å². The van der Waals surface area contributed by atoms with Crippen LogP contribution in [0.25, 0.3) is 0 Å². The largest absolute Gasteiger partial charge is 0.383 e. The number of anilines is 1. The minimum absolute atomic E-state index is 0.112. The molecule has 0 fully saturated rings. The van der Waals surface area contributed by atoms with Gasteiger partial charge in [-0.3, -0.25) is 4.79 Å². The highest BCUT2D eigenvalue weighted by Crippen LogP contribution is 2.25. The molecule has 0 spiro atoms. The Kier molecular flexibility index (Phi) is 7.33. The van der Waals surface area contributed by atoms with Crippen LogP contribution in [0.5, 0.6) is 0 Å². The zero-order chi connectivity index (χ0) is 19.2. The normalized spacial score (nSPS) is 11.7. The molecule has 0 radical (unpaired) electrons. The molecule has 2 rings (SSSR count). The van der Waals surface area contributed by atoms with Crippen molar-refractivity contribution in [2.45, 2.75) is 31.7 Å². The van der Waals surface area contributed by atoms with Crippen LogP contribution in [-0.4, -0.2) is 38.9 Å². The maximum Gasteiger partial charge on any atom is 0.243 e. The number of thiophene rings is 1. The van der Waals surface area contributed by atoms with E-state index in [2.05, 4.69) is 5.32 Å². The maximum absolute atomic E-state index is 13.2. The van der Waals surface area contributed by atoms with Crippen molar-refractivity contribution in [2.24, 2.45) is 0 Å². The molecule has 26 heavy (non-hydrogen) atoms. The van der Waals surface area contributed by atoms with Crippen molar-refractivity contribution in [2.75, 3.05) is 25.6 Å². The van der Waals surface area contributed by atoms with Gasteiger partial charge in [0.2, 0.25) is 15.9 Å². The molecule has 0 saturated carbocycles. The van der Waals surface area contributed by atoms with Gasteiger partial charge in [-0.2, -0.15) is 15.6 Å². The molecule has 1 amide bonds. The van der Waals surface area contributed by atoms with Crippen LogP contribution >= 0.6 is 11.3 Å². The Morgan fingerprint density at radius 2 is 2.08 bits per heavy atom. The first-order chi connectivity index (χ1) is 12.4. The van der Waals surface area contributed by atoms with Crippen molar-refractivity contribution in [1.29, 1.82) is 0 Å². The molecule has 6 nitrogen and oxygen atoms in total. The van der Waals surface area contributed by atoms with Crippen molar-refractivity contribution in [3.63, 3.8) is 0 Å². The van der Waals surface area contributed by atoms with Crippen LogP contribution in [0.15, 0.2) is 39.9 Å². The number of hydrogen-bond donors (Lipinski definition) is 1. The average Bonchev–Trinajstić information content (AvgIpc) is 3.11. The Balaban J connectivity index is 2.30. The summed E-state index contributed by atoms with van der Waals surface area (Å²) in [7, 11) is -2.14. The van der Waals surface area contributed by atoms with Gasteiger partial charge in [-0.15, -0.1) is 0 Å². The highest BCUT2D eigenvalue weighted by Gasteiger charge is 2.26. The third-order valence-corrected chi connectivity index (χ3v) is 6.62. The van der Waals surface area contributed by atoms with E-state index in [4.69, 9.17) is 4.74 Å². The second-order valence-electron chi connectivity index (χ2n) is 5.84. The number of hydrogen-bond acceptors (Lipinski definition) is 5. The topological polar surface area (TPSA) is 75.7 Å². The highest BCUT2D eigenvalue weighted by atomic mass is 32.2. The van der Waals surface area contributed by atoms with Crippen molar-refractivity contribution in [3.05, 3.63) is 46.2 Å². The number of aryl methyl sites for hydroxylation is 1. The van der Waals surface area contributed by atoms with Crippen molar-refractivity contribution in [3.8, 4) is 0 Å². The summed E-state index contributed by atoms with van der Waals surface area (Å²) in [6.45, 7) is 4.37. The molecule has 0 saturated heterocycles. The van der Waals surface area contributed by atoms with E-state index in [0.717, 1.165) is 5.56 Å². The molecule has 1 aromatic carbocycles. The summed E-state index contributed by atoms with van der Waals surface area (Å²) in [5, 5.41) is 6.60. The van der Waals surface area contributed by atoms with E-state index in [0.29, 0.717) is 30.8 Å². The van der Waals surface area contributed by atoms with Crippen LogP contribution in [0.3, 0.4) is 0 Å². The minimum atomic E-state index is -3.69. The zero-order valence-corrected chi connectivity index (χ0v) is 16.8. The Hall–Kier alpha value is -1.74. The molecule has 0 aliphatic rings. The van der Waals surface area contributed by atoms with Gasteiger partial charge in [0.1, 0.15) is 0 Å². The number of amides is 1. The standard InChI is InChI=1S/C18H24N2O4S2/c1-4-18(21)19-16-5-6-17(14(2)11-16)26(22,23)20(8-9-24-3)12-15-7-10-25-13-15/h5-7,10-11,13H,4,8-9,12H2,1-3H3,(H,19,21). The number of nitrogens with one attached hydrogen (secondary N) is 1. The predicted molar refractivity (Wildman–Crippen MR) is 104 cm³/mol. The van der Waals surface area contributed by atoms with Gasteiger partial charge in [-0.05, 0) is 53.1 Å². The fourth-order valence-electron chi connectivity index (χ4n) is 2.47. The lowest BCUT2D eigenvalue weighted by molar-refractivity contribution is -0.115. The SMILES string of the molecule is CCC(=O)Nc1ccc(S(=O)(=O)N(CCOC)Cc2ccsc2)c(C)c1. The third kappa shape index (κ3) is 5.14. The Labute approximate surface area is 158 Å². The smallest absolute Gasteiger partial charge is 0.243 e. The lowest BCUT2D eigenvalue weighted by Crippen LogP contribution is -2.33. The monoisotopic (exact) mass is 396 g/mol. The van der Waals surface area contributed by atoms with Gasteiger partial charge in [0.15, 0.2) is 0 Å². The molecular weight excluding hydrogens is 372 g/mol. The molecule has 0 aliphatic carbocycles. The van der Waals surface area contributed by atoms with E-state index < -0.39 is 10.0 Å². The van der Waals surface area contributed by atoms with Crippen LogP contribution in [0.1, 0.15) is 24.5 Å². The van der Waals surface area contributed by atoms with E-state index in [1.165, 1.54) is 15.6 Å². The lowest BCUT2D eigenvalue weighted by atomic mass is 10.2. The van der Waals surface area contributed by atoms with Gasteiger partial charge in [-0.25, -0.2) is 8.42 Å². The highest BCUT2D eigenvalue weighted by molar-refractivity contribution is 7.89. The molecule has 0 aliphatic heterocycles. The molecular formula is C18H24N2O4S2. The molecule has 2 aromatic rings. The van der Waals surface area contributed by atoms with E-state index >= 15 is 0 Å². The summed E-state index contributed by atoms with van der Waals surface area (Å²) in [5.74, 6) is -0.112. The molecule has 0 bridgehead atoms. The number of sulfonamides is 1. The number of ether oxygens (including phenoxy) is 1. The lowest BCUT2D eigenvalue weighted by Gasteiger charge is -2.23. The fraction of sp³-hybridized carbons (Fsp3) is 0.389. The summed E-state index contributed by atoms with van der Waals surface area (Å²) in [6, 6.07) is 6.76. The second kappa shape index (κ2) is 9.27. The number of rotatable bonds is 9. The Morgan fingerprint density at radius 1 is 1.31 bits per heavy atom.